The summed E-state index contributed by atoms with van der Waals surface area (Å²) in [6, 6.07) is 0.589. The lowest BCUT2D eigenvalue weighted by molar-refractivity contribution is -0.146. The summed E-state index contributed by atoms with van der Waals surface area (Å²) in [5.74, 6) is -0.104. The Morgan fingerprint density at radius 3 is 2.67 bits per heavy atom. The topological polar surface area (TPSA) is 41.6 Å². The number of rotatable bonds is 9. The highest BCUT2D eigenvalue weighted by atomic mass is 16.5. The number of carbonyl (C=O) groups is 1. The van der Waals surface area contributed by atoms with Crippen LogP contribution in [-0.2, 0) is 9.53 Å². The quantitative estimate of drug-likeness (QED) is 0.639. The van der Waals surface area contributed by atoms with Gasteiger partial charge in [-0.3, -0.25) is 4.79 Å². The Morgan fingerprint density at radius 1 is 1.44 bits per heavy atom. The highest BCUT2D eigenvalue weighted by Gasteiger charge is 2.24. The molecule has 106 valence electrons. The minimum atomic E-state index is -0.146. The van der Waals surface area contributed by atoms with Gasteiger partial charge in [0.2, 0.25) is 0 Å². The molecule has 1 atom stereocenters. The van der Waals surface area contributed by atoms with E-state index in [-0.39, 0.29) is 12.0 Å². The van der Waals surface area contributed by atoms with Crippen molar-refractivity contribution in [2.24, 2.45) is 0 Å². The van der Waals surface area contributed by atoms with Crippen molar-refractivity contribution < 1.29 is 9.53 Å². The number of nitrogens with one attached hydrogen (secondary N) is 1. The van der Waals surface area contributed by atoms with Gasteiger partial charge in [0, 0.05) is 12.6 Å². The van der Waals surface area contributed by atoms with Gasteiger partial charge in [0.05, 0.1) is 6.61 Å². The normalized spacial score (nSPS) is 17.6. The smallest absolute Gasteiger partial charge is 0.323 e. The molecule has 1 rings (SSSR count). The second-order valence-electron chi connectivity index (χ2n) is 5.11. The monoisotopic (exact) mass is 256 g/mol. The predicted molar refractivity (Wildman–Crippen MR) is 73.6 cm³/mol. The molecule has 1 aliphatic rings. The van der Waals surface area contributed by atoms with Crippen LogP contribution in [0.5, 0.6) is 0 Å². The maximum atomic E-state index is 11.8. The molecule has 0 aliphatic heterocycles. The van der Waals surface area contributed by atoms with Crippen LogP contribution in [0, 0.1) is 0 Å². The standard InChI is InChI=1S/C14H28N2O2/c1-4-10-15-13(14(17)18-5-2)9-11-16(3)12-7-6-8-12/h12-13,15H,4-11H2,1-3H3. The van der Waals surface area contributed by atoms with Crippen molar-refractivity contribution in [2.45, 2.75) is 58.0 Å². The number of esters is 1. The first-order valence-electron chi connectivity index (χ1n) is 7.29. The molecular formula is C14H28N2O2. The lowest BCUT2D eigenvalue weighted by Gasteiger charge is -2.35. The number of hydrogen-bond acceptors (Lipinski definition) is 4. The summed E-state index contributed by atoms with van der Waals surface area (Å²) in [6.07, 6.45) is 5.84. The van der Waals surface area contributed by atoms with Crippen LogP contribution >= 0.6 is 0 Å². The molecule has 1 N–H and O–H groups in total. The molecule has 0 aromatic rings. The SMILES string of the molecule is CCCNC(CCN(C)C1CCC1)C(=O)OCC. The van der Waals surface area contributed by atoms with E-state index in [9.17, 15) is 4.79 Å². The molecule has 1 unspecified atom stereocenters. The third-order valence-corrected chi connectivity index (χ3v) is 3.68. The van der Waals surface area contributed by atoms with E-state index in [0.29, 0.717) is 6.61 Å². The summed E-state index contributed by atoms with van der Waals surface area (Å²) >= 11 is 0. The molecule has 1 saturated carbocycles. The van der Waals surface area contributed by atoms with E-state index in [4.69, 9.17) is 4.74 Å². The van der Waals surface area contributed by atoms with Crippen LogP contribution in [0.4, 0.5) is 0 Å². The van der Waals surface area contributed by atoms with E-state index in [1.54, 1.807) is 0 Å². The molecule has 18 heavy (non-hydrogen) atoms. The van der Waals surface area contributed by atoms with E-state index >= 15 is 0 Å². The maximum absolute atomic E-state index is 11.8. The zero-order chi connectivity index (χ0) is 13.4. The molecule has 0 bridgehead atoms. The number of nitrogens with zero attached hydrogens (tertiary/aromatic N) is 1. The zero-order valence-electron chi connectivity index (χ0n) is 12.1. The van der Waals surface area contributed by atoms with Gasteiger partial charge in [-0.25, -0.2) is 0 Å². The van der Waals surface area contributed by atoms with Crippen LogP contribution in [0.15, 0.2) is 0 Å². The van der Waals surface area contributed by atoms with Crippen molar-refractivity contribution in [1.29, 1.82) is 0 Å². The van der Waals surface area contributed by atoms with Crippen molar-refractivity contribution in [1.82, 2.24) is 10.2 Å². The minimum absolute atomic E-state index is 0.104. The van der Waals surface area contributed by atoms with Gasteiger partial charge in [0.15, 0.2) is 0 Å². The van der Waals surface area contributed by atoms with Gasteiger partial charge in [-0.2, -0.15) is 0 Å². The van der Waals surface area contributed by atoms with E-state index < -0.39 is 0 Å². The predicted octanol–water partition coefficient (Wildman–Crippen LogP) is 1.79. The molecule has 0 aromatic heterocycles. The number of hydrogen-bond donors (Lipinski definition) is 1. The zero-order valence-corrected chi connectivity index (χ0v) is 12.1. The van der Waals surface area contributed by atoms with Crippen LogP contribution in [0.3, 0.4) is 0 Å². The summed E-state index contributed by atoms with van der Waals surface area (Å²) in [6.45, 7) is 6.26. The first kappa shape index (κ1) is 15.4. The van der Waals surface area contributed by atoms with Crippen molar-refractivity contribution in [2.75, 3.05) is 26.7 Å². The first-order chi connectivity index (χ1) is 8.69. The Hall–Kier alpha value is -0.610. The average Bonchev–Trinajstić information content (AvgIpc) is 2.27. The lowest BCUT2D eigenvalue weighted by atomic mass is 9.91. The molecular weight excluding hydrogens is 228 g/mol. The van der Waals surface area contributed by atoms with Crippen molar-refractivity contribution in [3.05, 3.63) is 0 Å². The minimum Gasteiger partial charge on any atom is -0.465 e. The van der Waals surface area contributed by atoms with Crippen molar-refractivity contribution in [3.8, 4) is 0 Å². The molecule has 4 nitrogen and oxygen atoms in total. The average molecular weight is 256 g/mol. The van der Waals surface area contributed by atoms with Gasteiger partial charge < -0.3 is 15.0 Å². The second kappa shape index (κ2) is 8.48. The van der Waals surface area contributed by atoms with E-state index in [2.05, 4.69) is 24.2 Å². The molecule has 4 heteroatoms. The third-order valence-electron chi connectivity index (χ3n) is 3.68. The fourth-order valence-corrected chi connectivity index (χ4v) is 2.21. The van der Waals surface area contributed by atoms with Gasteiger partial charge in [-0.15, -0.1) is 0 Å². The lowest BCUT2D eigenvalue weighted by Crippen LogP contribution is -2.44. The van der Waals surface area contributed by atoms with Gasteiger partial charge in [-0.05, 0) is 46.2 Å². The summed E-state index contributed by atoms with van der Waals surface area (Å²) in [7, 11) is 2.16. The Balaban J connectivity index is 2.31. The Labute approximate surface area is 111 Å². The molecule has 0 saturated heterocycles. The highest BCUT2D eigenvalue weighted by Crippen LogP contribution is 2.23. The van der Waals surface area contributed by atoms with Crippen LogP contribution in [0.1, 0.15) is 46.0 Å². The molecule has 0 spiro atoms. The summed E-state index contributed by atoms with van der Waals surface area (Å²) in [4.78, 5) is 14.2. The molecule has 0 aromatic carbocycles. The molecule has 1 aliphatic carbocycles. The van der Waals surface area contributed by atoms with Crippen molar-refractivity contribution >= 4 is 5.97 Å². The summed E-state index contributed by atoms with van der Waals surface area (Å²) in [5, 5.41) is 3.28. The van der Waals surface area contributed by atoms with E-state index in [1.165, 1.54) is 19.3 Å². The Morgan fingerprint density at radius 2 is 2.17 bits per heavy atom. The highest BCUT2D eigenvalue weighted by molar-refractivity contribution is 5.75. The summed E-state index contributed by atoms with van der Waals surface area (Å²) in [5.41, 5.74) is 0. The Bertz CT molecular complexity index is 242. The van der Waals surface area contributed by atoms with Gasteiger partial charge in [0.1, 0.15) is 6.04 Å². The van der Waals surface area contributed by atoms with E-state index in [1.807, 2.05) is 6.92 Å². The summed E-state index contributed by atoms with van der Waals surface area (Å²) < 4.78 is 5.11. The van der Waals surface area contributed by atoms with Gasteiger partial charge in [0.25, 0.3) is 0 Å². The largest absolute Gasteiger partial charge is 0.465 e. The number of ether oxygens (including phenoxy) is 1. The number of carbonyl (C=O) groups excluding carboxylic acids is 1. The third kappa shape index (κ3) is 4.94. The maximum Gasteiger partial charge on any atom is 0.323 e. The van der Waals surface area contributed by atoms with Crippen LogP contribution in [0.2, 0.25) is 0 Å². The fraction of sp³-hybridized carbons (Fsp3) is 0.929. The van der Waals surface area contributed by atoms with Gasteiger partial charge >= 0.3 is 5.97 Å². The van der Waals surface area contributed by atoms with Crippen molar-refractivity contribution in [3.63, 3.8) is 0 Å². The van der Waals surface area contributed by atoms with Crippen LogP contribution in [0.25, 0.3) is 0 Å². The van der Waals surface area contributed by atoms with Crippen LogP contribution in [-0.4, -0.2) is 49.7 Å². The molecule has 1 fully saturated rings. The molecule has 0 radical (unpaired) electrons. The van der Waals surface area contributed by atoms with E-state index in [0.717, 1.165) is 32.0 Å². The van der Waals surface area contributed by atoms with Crippen LogP contribution < -0.4 is 5.32 Å². The Kier molecular flexibility index (Phi) is 7.28. The molecule has 0 heterocycles. The molecule has 0 amide bonds. The first-order valence-corrected chi connectivity index (χ1v) is 7.29. The van der Waals surface area contributed by atoms with Gasteiger partial charge in [-0.1, -0.05) is 13.3 Å². The fourth-order valence-electron chi connectivity index (χ4n) is 2.21. The second-order valence-corrected chi connectivity index (χ2v) is 5.11.